The second-order valence-electron chi connectivity index (χ2n) is 4.64. The molecule has 0 N–H and O–H groups in total. The first-order chi connectivity index (χ1) is 9.54. The molecule has 0 radical (unpaired) electrons. The standard InChI is InChI=1S/C13H15BrN2O4/c1-9-2-3-10(6-12(9)16(18)19)13(17)15-4-5-20-8-11(15)7-14/h2-3,6,11H,4-5,7-8H2,1H3. The van der Waals surface area contributed by atoms with Gasteiger partial charge in [0.15, 0.2) is 0 Å². The summed E-state index contributed by atoms with van der Waals surface area (Å²) in [6.45, 7) is 3.12. The van der Waals surface area contributed by atoms with Crippen LogP contribution in [0.2, 0.25) is 0 Å². The van der Waals surface area contributed by atoms with Crippen molar-refractivity contribution in [1.29, 1.82) is 0 Å². The van der Waals surface area contributed by atoms with E-state index in [1.54, 1.807) is 24.0 Å². The van der Waals surface area contributed by atoms with Crippen LogP contribution in [0.1, 0.15) is 15.9 Å². The number of carbonyl (C=O) groups is 1. The van der Waals surface area contributed by atoms with Gasteiger partial charge in [-0.05, 0) is 13.0 Å². The third kappa shape index (κ3) is 2.99. The fourth-order valence-corrected chi connectivity index (χ4v) is 2.69. The minimum absolute atomic E-state index is 0.0282. The summed E-state index contributed by atoms with van der Waals surface area (Å²) < 4.78 is 5.34. The lowest BCUT2D eigenvalue weighted by Gasteiger charge is -2.34. The molecule has 1 aliphatic rings. The van der Waals surface area contributed by atoms with Crippen LogP contribution in [-0.2, 0) is 4.74 Å². The SMILES string of the molecule is Cc1ccc(C(=O)N2CCOCC2CBr)cc1[N+](=O)[O-]. The van der Waals surface area contributed by atoms with E-state index in [9.17, 15) is 14.9 Å². The molecule has 1 aliphatic heterocycles. The minimum Gasteiger partial charge on any atom is -0.377 e. The van der Waals surface area contributed by atoms with Crippen LogP contribution in [0.4, 0.5) is 5.69 Å². The molecule has 2 rings (SSSR count). The Balaban J connectivity index is 2.28. The molecule has 1 heterocycles. The highest BCUT2D eigenvalue weighted by molar-refractivity contribution is 9.09. The van der Waals surface area contributed by atoms with Crippen molar-refractivity contribution in [2.24, 2.45) is 0 Å². The van der Waals surface area contributed by atoms with E-state index < -0.39 is 4.92 Å². The first-order valence-electron chi connectivity index (χ1n) is 6.24. The maximum atomic E-state index is 12.5. The van der Waals surface area contributed by atoms with Gasteiger partial charge in [0, 0.05) is 29.1 Å². The summed E-state index contributed by atoms with van der Waals surface area (Å²) in [4.78, 5) is 24.7. The molecule has 0 spiro atoms. The van der Waals surface area contributed by atoms with Gasteiger partial charge in [-0.25, -0.2) is 0 Å². The smallest absolute Gasteiger partial charge is 0.273 e. The number of hydrogen-bond donors (Lipinski definition) is 0. The largest absolute Gasteiger partial charge is 0.377 e. The summed E-state index contributed by atoms with van der Waals surface area (Å²) in [7, 11) is 0. The number of aryl methyl sites for hydroxylation is 1. The second-order valence-corrected chi connectivity index (χ2v) is 5.29. The number of morpholine rings is 1. The Morgan fingerprint density at radius 3 is 3.00 bits per heavy atom. The summed E-state index contributed by atoms with van der Waals surface area (Å²) in [6, 6.07) is 4.54. The number of hydrogen-bond acceptors (Lipinski definition) is 4. The zero-order valence-corrected chi connectivity index (χ0v) is 12.6. The van der Waals surface area contributed by atoms with Gasteiger partial charge in [-0.15, -0.1) is 0 Å². The Morgan fingerprint density at radius 1 is 1.60 bits per heavy atom. The molecule has 0 aliphatic carbocycles. The number of nitro groups is 1. The molecule has 7 heteroatoms. The topological polar surface area (TPSA) is 72.7 Å². The van der Waals surface area contributed by atoms with Gasteiger partial charge in [0.1, 0.15) is 0 Å². The predicted octanol–water partition coefficient (Wildman–Crippen LogP) is 2.14. The quantitative estimate of drug-likeness (QED) is 0.479. The molecule has 0 bridgehead atoms. The van der Waals surface area contributed by atoms with E-state index in [0.717, 1.165) is 0 Å². The van der Waals surface area contributed by atoms with Crippen LogP contribution in [0.5, 0.6) is 0 Å². The lowest BCUT2D eigenvalue weighted by molar-refractivity contribution is -0.385. The molecule has 1 unspecified atom stereocenters. The van der Waals surface area contributed by atoms with Crippen LogP contribution < -0.4 is 0 Å². The van der Waals surface area contributed by atoms with Gasteiger partial charge in [0.25, 0.3) is 11.6 Å². The fraction of sp³-hybridized carbons (Fsp3) is 0.462. The highest BCUT2D eigenvalue weighted by Crippen LogP contribution is 2.21. The van der Waals surface area contributed by atoms with E-state index >= 15 is 0 Å². The summed E-state index contributed by atoms with van der Waals surface area (Å²) >= 11 is 3.36. The molecule has 1 amide bonds. The van der Waals surface area contributed by atoms with Crippen LogP contribution in [-0.4, -0.2) is 46.9 Å². The molecular weight excluding hydrogens is 328 g/mol. The van der Waals surface area contributed by atoms with E-state index in [4.69, 9.17) is 4.74 Å². The van der Waals surface area contributed by atoms with Gasteiger partial charge in [0.05, 0.1) is 24.2 Å². The highest BCUT2D eigenvalue weighted by Gasteiger charge is 2.28. The molecule has 0 saturated carbocycles. The van der Waals surface area contributed by atoms with E-state index in [1.807, 2.05) is 0 Å². The van der Waals surface area contributed by atoms with Gasteiger partial charge >= 0.3 is 0 Å². The van der Waals surface area contributed by atoms with Crippen molar-refractivity contribution in [3.05, 3.63) is 39.4 Å². The van der Waals surface area contributed by atoms with Crippen LogP contribution in [0, 0.1) is 17.0 Å². The van der Waals surface area contributed by atoms with E-state index in [1.165, 1.54) is 6.07 Å². The number of amides is 1. The molecule has 1 fully saturated rings. The van der Waals surface area contributed by atoms with Gasteiger partial charge < -0.3 is 9.64 Å². The summed E-state index contributed by atoms with van der Waals surface area (Å²) in [5.41, 5.74) is 0.861. The number of nitrogens with zero attached hydrogens (tertiary/aromatic N) is 2. The third-order valence-electron chi connectivity index (χ3n) is 3.32. The number of rotatable bonds is 3. The number of nitro benzene ring substituents is 1. The number of ether oxygens (including phenoxy) is 1. The Hall–Kier alpha value is -1.47. The number of benzene rings is 1. The highest BCUT2D eigenvalue weighted by atomic mass is 79.9. The second kappa shape index (κ2) is 6.32. The molecular formula is C13H15BrN2O4. The predicted molar refractivity (Wildman–Crippen MR) is 77.3 cm³/mol. The molecule has 1 atom stereocenters. The van der Waals surface area contributed by atoms with E-state index in [0.29, 0.717) is 36.2 Å². The summed E-state index contributed by atoms with van der Waals surface area (Å²) in [6.07, 6.45) is 0. The van der Waals surface area contributed by atoms with Crippen LogP contribution in [0.25, 0.3) is 0 Å². The Morgan fingerprint density at radius 2 is 2.35 bits per heavy atom. The van der Waals surface area contributed by atoms with Crippen molar-refractivity contribution in [3.8, 4) is 0 Å². The zero-order chi connectivity index (χ0) is 14.7. The van der Waals surface area contributed by atoms with Crippen molar-refractivity contribution in [3.63, 3.8) is 0 Å². The van der Waals surface area contributed by atoms with Crippen molar-refractivity contribution < 1.29 is 14.5 Å². The lowest BCUT2D eigenvalue weighted by Crippen LogP contribution is -2.49. The zero-order valence-electron chi connectivity index (χ0n) is 11.0. The van der Waals surface area contributed by atoms with Gasteiger partial charge in [0.2, 0.25) is 0 Å². The van der Waals surface area contributed by atoms with Crippen LogP contribution in [0.15, 0.2) is 18.2 Å². The average molecular weight is 343 g/mol. The number of halogens is 1. The van der Waals surface area contributed by atoms with Gasteiger partial charge in [-0.3, -0.25) is 14.9 Å². The Kier molecular flexibility index (Phi) is 4.72. The first-order valence-corrected chi connectivity index (χ1v) is 7.36. The molecule has 1 saturated heterocycles. The van der Waals surface area contributed by atoms with Crippen LogP contribution >= 0.6 is 15.9 Å². The molecule has 0 aromatic heterocycles. The van der Waals surface area contributed by atoms with Gasteiger partial charge in [-0.2, -0.15) is 0 Å². The summed E-state index contributed by atoms with van der Waals surface area (Å²) in [5.74, 6) is -0.194. The van der Waals surface area contributed by atoms with Crippen molar-refractivity contribution >= 4 is 27.5 Å². The monoisotopic (exact) mass is 342 g/mol. The molecule has 6 nitrogen and oxygen atoms in total. The maximum absolute atomic E-state index is 12.5. The molecule has 20 heavy (non-hydrogen) atoms. The van der Waals surface area contributed by atoms with Crippen molar-refractivity contribution in [1.82, 2.24) is 4.90 Å². The Labute approximate surface area is 125 Å². The third-order valence-corrected chi connectivity index (χ3v) is 4.07. The van der Waals surface area contributed by atoms with Crippen molar-refractivity contribution in [2.45, 2.75) is 13.0 Å². The van der Waals surface area contributed by atoms with E-state index in [2.05, 4.69) is 15.9 Å². The van der Waals surface area contributed by atoms with Crippen molar-refractivity contribution in [2.75, 3.05) is 25.1 Å². The first kappa shape index (κ1) is 14.9. The summed E-state index contributed by atoms with van der Waals surface area (Å²) in [5, 5.41) is 11.6. The average Bonchev–Trinajstić information content (AvgIpc) is 2.46. The minimum atomic E-state index is -0.465. The molecule has 108 valence electrons. The lowest BCUT2D eigenvalue weighted by atomic mass is 10.1. The maximum Gasteiger partial charge on any atom is 0.273 e. The molecule has 1 aromatic carbocycles. The van der Waals surface area contributed by atoms with Crippen LogP contribution in [0.3, 0.4) is 0 Å². The number of alkyl halides is 1. The normalized spacial score (nSPS) is 18.9. The van der Waals surface area contributed by atoms with E-state index in [-0.39, 0.29) is 17.6 Å². The fourth-order valence-electron chi connectivity index (χ4n) is 2.15. The van der Waals surface area contributed by atoms with Gasteiger partial charge in [-0.1, -0.05) is 22.0 Å². The number of carbonyl (C=O) groups excluding carboxylic acids is 1. The Bertz CT molecular complexity index is 535. The molecule has 1 aromatic rings.